The number of carbonyl (C=O) groups is 2. The van der Waals surface area contributed by atoms with E-state index in [1.54, 1.807) is 6.92 Å². The number of aliphatic hydroxyl groups is 2. The van der Waals surface area contributed by atoms with Crippen LogP contribution in [0.5, 0.6) is 0 Å². The first kappa shape index (κ1) is 14.7. The Labute approximate surface area is 104 Å². The van der Waals surface area contributed by atoms with E-state index in [1.165, 1.54) is 4.90 Å². The molecule has 0 aromatic carbocycles. The van der Waals surface area contributed by atoms with Crippen molar-refractivity contribution in [2.24, 2.45) is 0 Å². The van der Waals surface area contributed by atoms with Gasteiger partial charge in [0.1, 0.15) is 0 Å². The zero-order valence-electron chi connectivity index (χ0n) is 10.1. The number of nitrogens with one attached hydrogen (secondary N) is 1. The number of carboxylic acids is 1. The number of aliphatic carboxylic acids is 1. The Hall–Kier alpha value is -1.38. The number of morpholine rings is 1. The lowest BCUT2D eigenvalue weighted by molar-refractivity contribution is -0.146. The molecule has 1 rings (SSSR count). The highest BCUT2D eigenvalue weighted by Crippen LogP contribution is 2.11. The lowest BCUT2D eigenvalue weighted by Crippen LogP contribution is -2.56. The number of hydrogen-bond donors (Lipinski definition) is 4. The summed E-state index contributed by atoms with van der Waals surface area (Å²) >= 11 is 0. The van der Waals surface area contributed by atoms with Crippen LogP contribution >= 0.6 is 0 Å². The van der Waals surface area contributed by atoms with Crippen molar-refractivity contribution in [1.82, 2.24) is 10.2 Å². The topological polar surface area (TPSA) is 119 Å². The summed E-state index contributed by atoms with van der Waals surface area (Å²) in [6.45, 7) is 1.77. The molecule has 0 spiro atoms. The van der Waals surface area contributed by atoms with Crippen LogP contribution in [-0.2, 0) is 9.53 Å². The van der Waals surface area contributed by atoms with Gasteiger partial charge in [0.15, 0.2) is 6.10 Å². The van der Waals surface area contributed by atoms with Gasteiger partial charge in [0.25, 0.3) is 0 Å². The smallest absolute Gasteiger partial charge is 0.334 e. The summed E-state index contributed by atoms with van der Waals surface area (Å²) in [4.78, 5) is 23.6. The number of amides is 2. The molecule has 3 atom stereocenters. The summed E-state index contributed by atoms with van der Waals surface area (Å²) in [7, 11) is 0. The molecule has 0 aromatic rings. The van der Waals surface area contributed by atoms with E-state index in [9.17, 15) is 9.59 Å². The maximum atomic E-state index is 11.8. The minimum absolute atomic E-state index is 0.172. The van der Waals surface area contributed by atoms with Gasteiger partial charge in [-0.3, -0.25) is 0 Å². The normalized spacial score (nSPS) is 25.6. The quantitative estimate of drug-likeness (QED) is 0.475. The first-order chi connectivity index (χ1) is 8.45. The van der Waals surface area contributed by atoms with Crippen molar-refractivity contribution in [2.75, 3.05) is 26.3 Å². The molecule has 8 nitrogen and oxygen atoms in total. The molecule has 0 bridgehead atoms. The molecule has 4 N–H and O–H groups in total. The molecule has 1 heterocycles. The molecule has 2 unspecified atom stereocenters. The van der Waals surface area contributed by atoms with Crippen LogP contribution in [-0.4, -0.2) is 76.8 Å². The van der Waals surface area contributed by atoms with Gasteiger partial charge in [-0.1, -0.05) is 0 Å². The minimum atomic E-state index is -1.63. The molecule has 2 amide bonds. The van der Waals surface area contributed by atoms with Crippen LogP contribution in [0.4, 0.5) is 4.79 Å². The van der Waals surface area contributed by atoms with Gasteiger partial charge in [-0.2, -0.15) is 0 Å². The van der Waals surface area contributed by atoms with Gasteiger partial charge in [-0.25, -0.2) is 9.59 Å². The van der Waals surface area contributed by atoms with E-state index in [1.807, 2.05) is 0 Å². The Morgan fingerprint density at radius 3 is 2.78 bits per heavy atom. The summed E-state index contributed by atoms with van der Waals surface area (Å²) < 4.78 is 5.27. The van der Waals surface area contributed by atoms with Gasteiger partial charge in [-0.15, -0.1) is 0 Å². The van der Waals surface area contributed by atoms with Gasteiger partial charge in [-0.05, 0) is 6.92 Å². The summed E-state index contributed by atoms with van der Waals surface area (Å²) in [5, 5.41) is 28.8. The van der Waals surface area contributed by atoms with E-state index in [0.29, 0.717) is 6.61 Å². The van der Waals surface area contributed by atoms with E-state index in [-0.39, 0.29) is 25.7 Å². The third-order valence-corrected chi connectivity index (χ3v) is 2.70. The number of aliphatic hydroxyl groups excluding tert-OH is 2. The second-order valence-corrected chi connectivity index (χ2v) is 4.18. The van der Waals surface area contributed by atoms with Crippen molar-refractivity contribution in [1.29, 1.82) is 0 Å². The Morgan fingerprint density at radius 2 is 2.22 bits per heavy atom. The second kappa shape index (κ2) is 6.53. The van der Waals surface area contributed by atoms with E-state index in [2.05, 4.69) is 5.32 Å². The lowest BCUT2D eigenvalue weighted by Gasteiger charge is -2.37. The van der Waals surface area contributed by atoms with Crippen LogP contribution in [0.2, 0.25) is 0 Å². The summed E-state index contributed by atoms with van der Waals surface area (Å²) in [5.41, 5.74) is 0. The van der Waals surface area contributed by atoms with Gasteiger partial charge in [0, 0.05) is 0 Å². The molecule has 1 aliphatic rings. The first-order valence-corrected chi connectivity index (χ1v) is 5.63. The third-order valence-electron chi connectivity index (χ3n) is 2.70. The molecule has 0 aliphatic carbocycles. The van der Waals surface area contributed by atoms with Crippen molar-refractivity contribution < 1.29 is 29.6 Å². The first-order valence-electron chi connectivity index (χ1n) is 5.63. The molecule has 104 valence electrons. The van der Waals surface area contributed by atoms with Crippen molar-refractivity contribution in [3.8, 4) is 0 Å². The largest absolute Gasteiger partial charge is 0.479 e. The fourth-order valence-electron chi connectivity index (χ4n) is 1.58. The van der Waals surface area contributed by atoms with E-state index in [0.717, 1.165) is 0 Å². The maximum Gasteiger partial charge on any atom is 0.334 e. The van der Waals surface area contributed by atoms with Gasteiger partial charge < -0.3 is 30.3 Å². The van der Waals surface area contributed by atoms with Crippen molar-refractivity contribution in [3.63, 3.8) is 0 Å². The lowest BCUT2D eigenvalue weighted by atomic mass is 10.2. The molecule has 1 aliphatic heterocycles. The predicted molar refractivity (Wildman–Crippen MR) is 60.0 cm³/mol. The van der Waals surface area contributed by atoms with Crippen LogP contribution in [0.15, 0.2) is 0 Å². The molecular formula is C10H18N2O6. The van der Waals surface area contributed by atoms with E-state index < -0.39 is 24.2 Å². The maximum absolute atomic E-state index is 11.8. The fraction of sp³-hybridized carbons (Fsp3) is 0.800. The van der Waals surface area contributed by atoms with E-state index in [4.69, 9.17) is 20.1 Å². The zero-order chi connectivity index (χ0) is 13.7. The molecule has 8 heteroatoms. The summed E-state index contributed by atoms with van der Waals surface area (Å²) in [5.74, 6) is -1.39. The number of carbonyl (C=O) groups excluding carboxylic acids is 1. The van der Waals surface area contributed by atoms with Crippen LogP contribution < -0.4 is 5.32 Å². The predicted octanol–water partition coefficient (Wildman–Crippen LogP) is -1.78. The van der Waals surface area contributed by atoms with Crippen LogP contribution in [0.3, 0.4) is 0 Å². The highest BCUT2D eigenvalue weighted by Gasteiger charge is 2.29. The van der Waals surface area contributed by atoms with Crippen molar-refractivity contribution in [3.05, 3.63) is 0 Å². The standard InChI is InChI=1S/C10H18N2O6/c1-6-5-18-7(4-13)3-12(6)10(17)11-2-8(14)9(15)16/h6-8,13-14H,2-5H2,1H3,(H,11,17)(H,15,16)/t6?,7?,8-/m0/s1. The van der Waals surface area contributed by atoms with Crippen LogP contribution in [0.1, 0.15) is 6.92 Å². The van der Waals surface area contributed by atoms with Gasteiger partial charge >= 0.3 is 12.0 Å². The van der Waals surface area contributed by atoms with Gasteiger partial charge in [0.2, 0.25) is 0 Å². The number of ether oxygens (including phenoxy) is 1. The fourth-order valence-corrected chi connectivity index (χ4v) is 1.58. The average molecular weight is 262 g/mol. The van der Waals surface area contributed by atoms with E-state index >= 15 is 0 Å². The number of hydrogen-bond acceptors (Lipinski definition) is 5. The molecule has 0 saturated carbocycles. The molecular weight excluding hydrogens is 244 g/mol. The van der Waals surface area contributed by atoms with Crippen molar-refractivity contribution >= 4 is 12.0 Å². The zero-order valence-corrected chi connectivity index (χ0v) is 10.1. The Kier molecular flexibility index (Phi) is 5.32. The van der Waals surface area contributed by atoms with Gasteiger partial charge in [0.05, 0.1) is 38.4 Å². The second-order valence-electron chi connectivity index (χ2n) is 4.18. The Morgan fingerprint density at radius 1 is 1.56 bits per heavy atom. The molecule has 1 fully saturated rings. The van der Waals surface area contributed by atoms with Crippen LogP contribution in [0.25, 0.3) is 0 Å². The monoisotopic (exact) mass is 262 g/mol. The Bertz CT molecular complexity index is 311. The summed E-state index contributed by atoms with van der Waals surface area (Å²) in [6.07, 6.45) is -2.06. The number of nitrogens with zero attached hydrogens (tertiary/aromatic N) is 1. The number of rotatable bonds is 4. The molecule has 0 aromatic heterocycles. The summed E-state index contributed by atoms with van der Waals surface area (Å²) in [6, 6.07) is -0.653. The van der Waals surface area contributed by atoms with Crippen LogP contribution in [0, 0.1) is 0 Å². The highest BCUT2D eigenvalue weighted by atomic mass is 16.5. The SMILES string of the molecule is CC1COC(CO)CN1C(=O)NC[C@H](O)C(=O)O. The number of carboxylic acid groups (broad SMARTS) is 1. The average Bonchev–Trinajstić information content (AvgIpc) is 2.35. The molecule has 18 heavy (non-hydrogen) atoms. The highest BCUT2D eigenvalue weighted by molar-refractivity contribution is 5.77. The molecule has 0 radical (unpaired) electrons. The third kappa shape index (κ3) is 3.83. The molecule has 1 saturated heterocycles. The Balaban J connectivity index is 2.46. The number of urea groups is 1. The minimum Gasteiger partial charge on any atom is -0.479 e. The van der Waals surface area contributed by atoms with Crippen molar-refractivity contribution in [2.45, 2.75) is 25.2 Å².